The van der Waals surface area contributed by atoms with Crippen LogP contribution in [0.3, 0.4) is 0 Å². The minimum atomic E-state index is -0.529. The second-order valence-electron chi connectivity index (χ2n) is 8.19. The molecule has 1 fully saturated rings. The Morgan fingerprint density at radius 2 is 1.72 bits per heavy atom. The first-order valence-electron chi connectivity index (χ1n) is 10.6. The summed E-state index contributed by atoms with van der Waals surface area (Å²) in [5, 5.41) is 7.61. The molecule has 5 rings (SSSR count). The summed E-state index contributed by atoms with van der Waals surface area (Å²) in [6.45, 7) is 1.39. The van der Waals surface area contributed by atoms with E-state index in [4.69, 9.17) is 4.74 Å². The molecule has 1 unspecified atom stereocenters. The molecule has 32 heavy (non-hydrogen) atoms. The van der Waals surface area contributed by atoms with Crippen LogP contribution in [0.4, 0.5) is 0 Å². The molecule has 1 aromatic heterocycles. The highest BCUT2D eigenvalue weighted by atomic mass is 16.5. The first kappa shape index (κ1) is 20.1. The van der Waals surface area contributed by atoms with E-state index in [0.29, 0.717) is 43.9 Å². The smallest absolute Gasteiger partial charge is 0.255 e. The van der Waals surface area contributed by atoms with Crippen LogP contribution >= 0.6 is 0 Å². The number of hydrogen-bond donors (Lipinski definition) is 0. The predicted molar refractivity (Wildman–Crippen MR) is 114 cm³/mol. The molecule has 1 atom stereocenters. The fourth-order valence-electron chi connectivity index (χ4n) is 4.32. The van der Waals surface area contributed by atoms with Gasteiger partial charge in [0.1, 0.15) is 30.8 Å². The lowest BCUT2D eigenvalue weighted by Crippen LogP contribution is -2.44. The number of carbonyl (C=O) groups is 3. The number of hydrogen-bond acceptors (Lipinski definition) is 6. The lowest BCUT2D eigenvalue weighted by atomic mass is 9.92. The van der Waals surface area contributed by atoms with Crippen molar-refractivity contribution in [1.29, 1.82) is 0 Å². The zero-order valence-electron chi connectivity index (χ0n) is 17.4. The van der Waals surface area contributed by atoms with E-state index in [0.717, 1.165) is 16.7 Å². The Balaban J connectivity index is 1.27. The molecule has 1 aliphatic heterocycles. The average Bonchev–Trinajstić information content (AvgIpc) is 3.42. The van der Waals surface area contributed by atoms with Gasteiger partial charge in [0, 0.05) is 24.1 Å². The van der Waals surface area contributed by atoms with Gasteiger partial charge in [0.2, 0.25) is 0 Å². The fourth-order valence-corrected chi connectivity index (χ4v) is 4.32. The van der Waals surface area contributed by atoms with Crippen LogP contribution in [0.5, 0.6) is 5.75 Å². The Hall–Kier alpha value is -3.81. The van der Waals surface area contributed by atoms with E-state index < -0.39 is 6.04 Å². The van der Waals surface area contributed by atoms with E-state index >= 15 is 0 Å². The lowest BCUT2D eigenvalue weighted by molar-refractivity contribution is -0.133. The van der Waals surface area contributed by atoms with Crippen LogP contribution < -0.4 is 4.74 Å². The minimum absolute atomic E-state index is 0.0489. The molecule has 162 valence electrons. The molecule has 1 saturated carbocycles. The summed E-state index contributed by atoms with van der Waals surface area (Å²) in [7, 11) is 0. The molecular formula is C24H22N4O4. The largest absolute Gasteiger partial charge is 0.489 e. The van der Waals surface area contributed by atoms with Gasteiger partial charge in [-0.3, -0.25) is 14.4 Å². The number of benzene rings is 2. The summed E-state index contributed by atoms with van der Waals surface area (Å²) >= 11 is 0. The first-order valence-corrected chi connectivity index (χ1v) is 10.6. The second kappa shape index (κ2) is 8.37. The molecular weight excluding hydrogens is 408 g/mol. The number of nitrogens with zero attached hydrogens (tertiary/aromatic N) is 4. The Kier molecular flexibility index (Phi) is 5.26. The highest BCUT2D eigenvalue weighted by Crippen LogP contribution is 2.34. The molecule has 2 aliphatic rings. The molecule has 8 nitrogen and oxygen atoms in total. The van der Waals surface area contributed by atoms with Crippen molar-refractivity contribution in [2.45, 2.75) is 45.0 Å². The van der Waals surface area contributed by atoms with Gasteiger partial charge in [0.05, 0.1) is 19.0 Å². The van der Waals surface area contributed by atoms with E-state index in [1.54, 1.807) is 29.7 Å². The van der Waals surface area contributed by atoms with Gasteiger partial charge >= 0.3 is 0 Å². The molecule has 2 heterocycles. The third-order valence-electron chi connectivity index (χ3n) is 6.02. The quantitative estimate of drug-likeness (QED) is 0.558. The zero-order valence-corrected chi connectivity index (χ0v) is 17.4. The van der Waals surface area contributed by atoms with E-state index in [9.17, 15) is 14.4 Å². The summed E-state index contributed by atoms with van der Waals surface area (Å²) in [6, 6.07) is 13.0. The second-order valence-corrected chi connectivity index (χ2v) is 8.19. The van der Waals surface area contributed by atoms with Gasteiger partial charge in [-0.25, -0.2) is 0 Å². The van der Waals surface area contributed by atoms with Gasteiger partial charge in [-0.05, 0) is 29.7 Å². The molecule has 1 aliphatic carbocycles. The lowest BCUT2D eigenvalue weighted by Gasteiger charge is -2.29. The monoisotopic (exact) mass is 430 g/mol. The van der Waals surface area contributed by atoms with Crippen molar-refractivity contribution >= 4 is 17.5 Å². The number of ether oxygens (including phenoxy) is 1. The van der Waals surface area contributed by atoms with Gasteiger partial charge in [0.25, 0.3) is 5.91 Å². The van der Waals surface area contributed by atoms with Crippen molar-refractivity contribution in [2.24, 2.45) is 0 Å². The highest BCUT2D eigenvalue weighted by Gasteiger charge is 2.39. The van der Waals surface area contributed by atoms with Gasteiger partial charge in [-0.15, -0.1) is 10.2 Å². The van der Waals surface area contributed by atoms with Crippen molar-refractivity contribution in [2.75, 3.05) is 0 Å². The van der Waals surface area contributed by atoms with E-state index in [1.165, 1.54) is 0 Å². The third kappa shape index (κ3) is 3.91. The average molecular weight is 430 g/mol. The molecule has 2 aromatic carbocycles. The predicted octanol–water partition coefficient (Wildman–Crippen LogP) is 2.55. The molecule has 8 heteroatoms. The first-order chi connectivity index (χ1) is 15.6. The molecule has 3 aromatic rings. The van der Waals surface area contributed by atoms with Crippen molar-refractivity contribution in [3.05, 3.63) is 77.4 Å². The van der Waals surface area contributed by atoms with E-state index in [2.05, 4.69) is 10.2 Å². The zero-order chi connectivity index (χ0) is 22.1. The van der Waals surface area contributed by atoms with Gasteiger partial charge in [-0.2, -0.15) is 0 Å². The number of ketones is 2. The van der Waals surface area contributed by atoms with Crippen molar-refractivity contribution in [1.82, 2.24) is 19.7 Å². The Morgan fingerprint density at radius 1 is 0.969 bits per heavy atom. The van der Waals surface area contributed by atoms with E-state index in [1.807, 2.05) is 34.9 Å². The van der Waals surface area contributed by atoms with Crippen LogP contribution in [0.1, 0.15) is 46.3 Å². The molecule has 1 amide bonds. The van der Waals surface area contributed by atoms with E-state index in [-0.39, 0.29) is 23.9 Å². The summed E-state index contributed by atoms with van der Waals surface area (Å²) in [5.74, 6) is 0.256. The van der Waals surface area contributed by atoms with Crippen LogP contribution in [-0.2, 0) is 29.3 Å². The maximum atomic E-state index is 12.9. The van der Waals surface area contributed by atoms with Crippen LogP contribution in [0.15, 0.2) is 55.1 Å². The number of fused-ring (bicyclic) bond motifs is 1. The Bertz CT molecular complexity index is 1170. The number of amides is 1. The topological polar surface area (TPSA) is 94.4 Å². The highest BCUT2D eigenvalue weighted by molar-refractivity contribution is 6.07. The summed E-state index contributed by atoms with van der Waals surface area (Å²) < 4.78 is 7.96. The SMILES string of the molecule is O=C1CCC(N2Cc3c(OCc4ccc(Cn5cnnc5)cc4)cccc3C2=O)C(=O)C1. The van der Waals surface area contributed by atoms with Crippen LogP contribution in [0, 0.1) is 0 Å². The van der Waals surface area contributed by atoms with Gasteiger partial charge < -0.3 is 14.2 Å². The maximum absolute atomic E-state index is 12.9. The van der Waals surface area contributed by atoms with Gasteiger partial charge in [0.15, 0.2) is 5.78 Å². The van der Waals surface area contributed by atoms with Gasteiger partial charge in [-0.1, -0.05) is 30.3 Å². The van der Waals surface area contributed by atoms with Crippen LogP contribution in [-0.4, -0.2) is 43.2 Å². The third-order valence-corrected chi connectivity index (χ3v) is 6.02. The number of rotatable bonds is 6. The molecule has 0 N–H and O–H groups in total. The van der Waals surface area contributed by atoms with Crippen LogP contribution in [0.25, 0.3) is 0 Å². The molecule has 0 spiro atoms. The van der Waals surface area contributed by atoms with Crippen molar-refractivity contribution in [3.63, 3.8) is 0 Å². The molecule has 0 bridgehead atoms. The number of aromatic nitrogens is 3. The maximum Gasteiger partial charge on any atom is 0.255 e. The van der Waals surface area contributed by atoms with Crippen LogP contribution in [0.2, 0.25) is 0 Å². The summed E-state index contributed by atoms with van der Waals surface area (Å²) in [6.07, 6.45) is 4.01. The fraction of sp³-hybridized carbons (Fsp3) is 0.292. The molecule has 0 saturated heterocycles. The van der Waals surface area contributed by atoms with Crippen molar-refractivity contribution in [3.8, 4) is 5.75 Å². The normalized spacial score (nSPS) is 18.2. The summed E-state index contributed by atoms with van der Waals surface area (Å²) in [4.78, 5) is 38.4. The Labute approximate surface area is 184 Å². The number of carbonyl (C=O) groups excluding carboxylic acids is 3. The molecule has 0 radical (unpaired) electrons. The van der Waals surface area contributed by atoms with Crippen molar-refractivity contribution < 1.29 is 19.1 Å². The Morgan fingerprint density at radius 3 is 2.47 bits per heavy atom. The standard InChI is InChI=1S/C24H22N4O4/c29-18-8-9-21(22(30)10-18)28-12-20-19(24(28)31)2-1-3-23(20)32-13-17-6-4-16(5-7-17)11-27-14-25-26-15-27/h1-7,14-15,21H,8-13H2. The number of Topliss-reactive ketones (excluding diaryl/α,β-unsaturated/α-hetero) is 2. The minimum Gasteiger partial charge on any atom is -0.489 e. The summed E-state index contributed by atoms with van der Waals surface area (Å²) in [5.41, 5.74) is 3.51.